The van der Waals surface area contributed by atoms with E-state index in [1.165, 1.54) is 11.8 Å². The molecule has 3 fully saturated rings. The number of fused-ring (bicyclic) bond motifs is 1. The van der Waals surface area contributed by atoms with Crippen LogP contribution in [0.5, 0.6) is 0 Å². The van der Waals surface area contributed by atoms with Crippen molar-refractivity contribution < 1.29 is 33.0 Å². The van der Waals surface area contributed by atoms with Crippen molar-refractivity contribution in [1.82, 2.24) is 14.7 Å². The Labute approximate surface area is 242 Å². The molecule has 11 heteroatoms. The van der Waals surface area contributed by atoms with Crippen LogP contribution in [0.4, 0.5) is 13.2 Å². The number of benzene rings is 1. The molecule has 7 nitrogen and oxygen atoms in total. The van der Waals surface area contributed by atoms with Gasteiger partial charge in [-0.05, 0) is 75.7 Å². The Bertz CT molecular complexity index is 1330. The molecular weight excluding hydrogens is 559 g/mol. The third-order valence-electron chi connectivity index (χ3n) is 10.2. The van der Waals surface area contributed by atoms with E-state index in [9.17, 15) is 33.0 Å². The molecule has 1 unspecified atom stereocenters. The van der Waals surface area contributed by atoms with Crippen LogP contribution in [0.2, 0.25) is 5.02 Å². The number of aliphatic carboxylic acids is 1. The molecule has 0 saturated heterocycles. The van der Waals surface area contributed by atoms with Gasteiger partial charge in [0.2, 0.25) is 0 Å². The number of alkyl halides is 3. The smallest absolute Gasteiger partial charge is 0.433 e. The average molecular weight is 596 g/mol. The normalized spacial score (nSPS) is 30.4. The van der Waals surface area contributed by atoms with Crippen LogP contribution in [0, 0.1) is 22.7 Å². The summed E-state index contributed by atoms with van der Waals surface area (Å²) in [6.07, 6.45) is -1.78. The molecule has 4 atom stereocenters. The number of carboxylic acids is 1. The monoisotopic (exact) mass is 595 g/mol. The lowest BCUT2D eigenvalue weighted by Gasteiger charge is -2.38. The van der Waals surface area contributed by atoms with Crippen LogP contribution in [0.3, 0.4) is 0 Å². The van der Waals surface area contributed by atoms with Crippen LogP contribution in [-0.4, -0.2) is 49.4 Å². The van der Waals surface area contributed by atoms with Gasteiger partial charge in [-0.15, -0.1) is 0 Å². The Morgan fingerprint density at radius 1 is 1.12 bits per heavy atom. The zero-order valence-electron chi connectivity index (χ0n) is 23.7. The van der Waals surface area contributed by atoms with Crippen molar-refractivity contribution in [3.05, 3.63) is 52.3 Å². The predicted octanol–water partition coefficient (Wildman–Crippen LogP) is 6.55. The van der Waals surface area contributed by atoms with E-state index in [0.29, 0.717) is 35.3 Å². The van der Waals surface area contributed by atoms with Gasteiger partial charge >= 0.3 is 12.1 Å². The fraction of sp³-hybridized carbons (Fsp3) is 0.633. The highest BCUT2D eigenvalue weighted by atomic mass is 35.5. The number of hydrogen-bond donors (Lipinski definition) is 2. The van der Waals surface area contributed by atoms with Crippen LogP contribution < -0.4 is 0 Å². The lowest BCUT2D eigenvalue weighted by molar-refractivity contribution is -0.152. The molecule has 3 aliphatic carbocycles. The molecule has 2 N–H and O–H groups in total. The number of carbonyl (C=O) groups excluding carboxylic acids is 1. The Balaban J connectivity index is 1.49. The summed E-state index contributed by atoms with van der Waals surface area (Å²) in [6.45, 7) is 7.21. The summed E-state index contributed by atoms with van der Waals surface area (Å²) in [7, 11) is 0. The maximum absolute atomic E-state index is 14.6. The molecule has 1 aromatic carbocycles. The van der Waals surface area contributed by atoms with E-state index in [2.05, 4.69) is 18.9 Å². The molecule has 0 radical (unpaired) electrons. The minimum atomic E-state index is -4.87. The van der Waals surface area contributed by atoms with E-state index in [0.717, 1.165) is 10.9 Å². The van der Waals surface area contributed by atoms with Crippen molar-refractivity contribution in [3.63, 3.8) is 0 Å². The molecule has 0 bridgehead atoms. The van der Waals surface area contributed by atoms with Gasteiger partial charge in [-0.2, -0.15) is 18.3 Å². The highest BCUT2D eigenvalue weighted by molar-refractivity contribution is 6.31. The zero-order valence-corrected chi connectivity index (χ0v) is 24.5. The lowest BCUT2D eigenvalue weighted by Crippen LogP contribution is -2.48. The maximum atomic E-state index is 14.6. The summed E-state index contributed by atoms with van der Waals surface area (Å²) < 4.78 is 44.7. The Hall–Kier alpha value is -2.59. The first-order valence-electron chi connectivity index (χ1n) is 14.1. The number of aliphatic hydroxyl groups is 1. The van der Waals surface area contributed by atoms with E-state index in [1.807, 2.05) is 0 Å². The first-order chi connectivity index (χ1) is 19.0. The number of nitrogens with zero attached hydrogens (tertiary/aromatic N) is 3. The second-order valence-corrected chi connectivity index (χ2v) is 13.7. The number of carboxylic acid groups (broad SMARTS) is 1. The fourth-order valence-electron chi connectivity index (χ4n) is 7.34. The van der Waals surface area contributed by atoms with Crippen molar-refractivity contribution in [3.8, 4) is 0 Å². The molecule has 1 aromatic heterocycles. The van der Waals surface area contributed by atoms with Crippen LogP contribution >= 0.6 is 11.6 Å². The van der Waals surface area contributed by atoms with Crippen molar-refractivity contribution in [1.29, 1.82) is 0 Å². The van der Waals surface area contributed by atoms with Gasteiger partial charge in [0, 0.05) is 16.6 Å². The lowest BCUT2D eigenvalue weighted by atomic mass is 9.74. The highest BCUT2D eigenvalue weighted by Crippen LogP contribution is 2.67. The molecule has 3 aliphatic rings. The maximum Gasteiger partial charge on any atom is 0.433 e. The van der Waals surface area contributed by atoms with Gasteiger partial charge in [0.05, 0.1) is 29.8 Å². The zero-order chi connectivity index (χ0) is 30.1. The Morgan fingerprint density at radius 2 is 1.71 bits per heavy atom. The molecule has 3 saturated carbocycles. The summed E-state index contributed by atoms with van der Waals surface area (Å²) in [5, 5.41) is 25.4. The molecule has 2 aromatic rings. The van der Waals surface area contributed by atoms with Gasteiger partial charge in [0.25, 0.3) is 5.91 Å². The van der Waals surface area contributed by atoms with Crippen molar-refractivity contribution >= 4 is 23.5 Å². The average Bonchev–Trinajstić information content (AvgIpc) is 3.31. The molecule has 1 heterocycles. The molecular formula is C30H37ClF3N3O4. The van der Waals surface area contributed by atoms with Crippen molar-refractivity contribution in [2.75, 3.05) is 6.54 Å². The summed E-state index contributed by atoms with van der Waals surface area (Å²) in [5.41, 5.74) is -3.78. The molecule has 0 spiro atoms. The third kappa shape index (κ3) is 5.26. The van der Waals surface area contributed by atoms with Gasteiger partial charge in [-0.25, -0.2) is 0 Å². The minimum absolute atomic E-state index is 0.129. The SMILES string of the molecule is CC1(C(=O)O)CCC(n2ncc(C(=O)N(CC(C)(O)c3ccccc3Cl)[C@H]3C[C@@H]4[C@H](C3)C4(C)C)c2C(F)(F)F)CC1. The molecule has 5 rings (SSSR count). The van der Waals surface area contributed by atoms with Gasteiger partial charge in [0.15, 0.2) is 5.69 Å². The van der Waals surface area contributed by atoms with E-state index in [4.69, 9.17) is 11.6 Å². The highest BCUT2D eigenvalue weighted by Gasteiger charge is 2.63. The Kier molecular flexibility index (Phi) is 7.29. The number of amides is 1. The topological polar surface area (TPSA) is 95.7 Å². The summed E-state index contributed by atoms with van der Waals surface area (Å²) >= 11 is 6.37. The largest absolute Gasteiger partial charge is 0.481 e. The first-order valence-corrected chi connectivity index (χ1v) is 14.5. The second kappa shape index (κ2) is 10.0. The molecule has 0 aliphatic heterocycles. The second-order valence-electron chi connectivity index (χ2n) is 13.3. The van der Waals surface area contributed by atoms with E-state index in [-0.39, 0.29) is 43.7 Å². The standard InChI is InChI=1S/C30H37ClF3N3O4/c1-27(2)21-13-18(14-22(21)27)36(16-29(4,41)20-7-5-6-8-23(20)31)25(38)19-15-35-37(24(19)30(32,33)34)17-9-11-28(3,12-10-17)26(39)40/h5-8,15,17-18,21-22,41H,9-14,16H2,1-4H3,(H,39,40)/t17?,18-,21+,22-,28?,29?. The fourth-order valence-corrected chi connectivity index (χ4v) is 7.68. The van der Waals surface area contributed by atoms with E-state index >= 15 is 0 Å². The number of carbonyl (C=O) groups is 2. The number of hydrogen-bond acceptors (Lipinski definition) is 4. The van der Waals surface area contributed by atoms with E-state index in [1.54, 1.807) is 31.2 Å². The summed E-state index contributed by atoms with van der Waals surface area (Å²) in [6, 6.07) is 5.67. The van der Waals surface area contributed by atoms with Crippen LogP contribution in [0.1, 0.15) is 93.9 Å². The van der Waals surface area contributed by atoms with E-state index < -0.39 is 46.4 Å². The number of halogens is 4. The van der Waals surface area contributed by atoms with Gasteiger partial charge < -0.3 is 15.1 Å². The molecule has 224 valence electrons. The predicted molar refractivity (Wildman–Crippen MR) is 146 cm³/mol. The van der Waals surface area contributed by atoms with Crippen molar-refractivity contribution in [2.45, 2.75) is 90.1 Å². The van der Waals surface area contributed by atoms with Gasteiger partial charge in [0.1, 0.15) is 5.60 Å². The quantitative estimate of drug-likeness (QED) is 0.379. The molecule has 1 amide bonds. The summed E-state index contributed by atoms with van der Waals surface area (Å²) in [5.74, 6) is -1.07. The van der Waals surface area contributed by atoms with Crippen molar-refractivity contribution in [2.24, 2.45) is 22.7 Å². The van der Waals surface area contributed by atoms with Gasteiger partial charge in [-0.3, -0.25) is 14.3 Å². The number of aromatic nitrogens is 2. The Morgan fingerprint density at radius 3 is 2.24 bits per heavy atom. The van der Waals surface area contributed by atoms with Crippen LogP contribution in [0.15, 0.2) is 30.5 Å². The minimum Gasteiger partial charge on any atom is -0.481 e. The van der Waals surface area contributed by atoms with Crippen LogP contribution in [0.25, 0.3) is 0 Å². The molecule has 41 heavy (non-hydrogen) atoms. The van der Waals surface area contributed by atoms with Gasteiger partial charge in [-0.1, -0.05) is 43.6 Å². The van der Waals surface area contributed by atoms with Crippen LogP contribution in [-0.2, 0) is 16.6 Å². The first kappa shape index (κ1) is 29.9. The summed E-state index contributed by atoms with van der Waals surface area (Å²) in [4.78, 5) is 27.2. The third-order valence-corrected chi connectivity index (χ3v) is 10.5. The number of rotatable bonds is 7.